The first-order valence-corrected chi connectivity index (χ1v) is 11.2. The third-order valence-corrected chi connectivity index (χ3v) is 6.23. The molecule has 7 nitrogen and oxygen atoms in total. The van der Waals surface area contributed by atoms with Crippen LogP contribution in [0.25, 0.3) is 11.1 Å². The van der Waals surface area contributed by atoms with Crippen LogP contribution < -0.4 is 10.2 Å². The molecule has 1 saturated carbocycles. The molecule has 1 N–H and O–H groups in total. The lowest BCUT2D eigenvalue weighted by atomic mass is 9.98. The first-order chi connectivity index (χ1) is 16.3. The van der Waals surface area contributed by atoms with Gasteiger partial charge in [-0.1, -0.05) is 6.07 Å². The van der Waals surface area contributed by atoms with Gasteiger partial charge in [-0.15, -0.1) is 0 Å². The molecule has 2 aromatic heterocycles. The molecule has 1 aliphatic carbocycles. The summed E-state index contributed by atoms with van der Waals surface area (Å²) in [4.78, 5) is 48.1. The van der Waals surface area contributed by atoms with Gasteiger partial charge in [-0.05, 0) is 63.1 Å². The van der Waals surface area contributed by atoms with Crippen molar-refractivity contribution >= 4 is 29.0 Å². The Morgan fingerprint density at radius 1 is 1.18 bits per heavy atom. The SMILES string of the molecule is Cc1cc2c(c(F)n1)-c1cccnc1C(C)C(=O)N2CC(=O)Nc1ccc(C(=O)C2CC2)cc1. The number of pyridine rings is 2. The minimum atomic E-state index is -0.715. The van der Waals surface area contributed by atoms with Crippen LogP contribution in [-0.4, -0.2) is 34.1 Å². The van der Waals surface area contributed by atoms with Crippen molar-refractivity contribution in [1.82, 2.24) is 9.97 Å². The van der Waals surface area contributed by atoms with Gasteiger partial charge in [0.2, 0.25) is 17.8 Å². The molecule has 0 radical (unpaired) electrons. The van der Waals surface area contributed by atoms with Gasteiger partial charge in [0, 0.05) is 34.6 Å². The van der Waals surface area contributed by atoms with Crippen molar-refractivity contribution in [2.24, 2.45) is 5.92 Å². The van der Waals surface area contributed by atoms with E-state index in [0.717, 1.165) is 12.8 Å². The van der Waals surface area contributed by atoms with Gasteiger partial charge in [0.05, 0.1) is 22.9 Å². The second-order valence-electron chi connectivity index (χ2n) is 8.79. The Kier molecular flexibility index (Phi) is 5.43. The van der Waals surface area contributed by atoms with Crippen molar-refractivity contribution in [3.63, 3.8) is 0 Å². The molecule has 172 valence electrons. The third-order valence-electron chi connectivity index (χ3n) is 6.23. The van der Waals surface area contributed by atoms with Crippen molar-refractivity contribution in [3.8, 4) is 11.1 Å². The van der Waals surface area contributed by atoms with E-state index in [1.165, 1.54) is 4.90 Å². The summed E-state index contributed by atoms with van der Waals surface area (Å²) in [5.41, 5.74) is 2.89. The van der Waals surface area contributed by atoms with Crippen LogP contribution in [0.4, 0.5) is 15.8 Å². The van der Waals surface area contributed by atoms with E-state index in [4.69, 9.17) is 0 Å². The first-order valence-electron chi connectivity index (χ1n) is 11.2. The summed E-state index contributed by atoms with van der Waals surface area (Å²) in [6.45, 7) is 3.02. The van der Waals surface area contributed by atoms with Gasteiger partial charge in [0.1, 0.15) is 6.54 Å². The van der Waals surface area contributed by atoms with E-state index < -0.39 is 17.8 Å². The summed E-state index contributed by atoms with van der Waals surface area (Å²) in [5, 5.41) is 2.77. The van der Waals surface area contributed by atoms with Gasteiger partial charge < -0.3 is 10.2 Å². The average molecular weight is 458 g/mol. The fourth-order valence-corrected chi connectivity index (χ4v) is 4.33. The number of aryl methyl sites for hydroxylation is 1. The van der Waals surface area contributed by atoms with Gasteiger partial charge >= 0.3 is 0 Å². The molecule has 8 heteroatoms. The fourth-order valence-electron chi connectivity index (χ4n) is 4.33. The van der Waals surface area contributed by atoms with E-state index in [2.05, 4.69) is 15.3 Å². The second kappa shape index (κ2) is 8.44. The van der Waals surface area contributed by atoms with Crippen molar-refractivity contribution in [2.75, 3.05) is 16.8 Å². The number of ketones is 1. The Morgan fingerprint density at radius 2 is 1.91 bits per heavy atom. The van der Waals surface area contributed by atoms with E-state index in [1.54, 1.807) is 62.5 Å². The van der Waals surface area contributed by atoms with Crippen molar-refractivity contribution in [3.05, 3.63) is 71.6 Å². The summed E-state index contributed by atoms with van der Waals surface area (Å²) in [7, 11) is 0. The number of nitrogens with one attached hydrogen (secondary N) is 1. The zero-order chi connectivity index (χ0) is 24.0. The maximum atomic E-state index is 15.1. The Labute approximate surface area is 196 Å². The number of hydrogen-bond acceptors (Lipinski definition) is 5. The largest absolute Gasteiger partial charge is 0.325 e. The molecule has 0 saturated heterocycles. The number of fused-ring (bicyclic) bond motifs is 3. The van der Waals surface area contributed by atoms with Gasteiger partial charge in [-0.2, -0.15) is 4.39 Å². The topological polar surface area (TPSA) is 92.3 Å². The quantitative estimate of drug-likeness (QED) is 0.455. The number of benzene rings is 1. The van der Waals surface area contributed by atoms with Crippen LogP contribution in [0.2, 0.25) is 0 Å². The minimum Gasteiger partial charge on any atom is -0.325 e. The molecule has 3 aromatic rings. The predicted molar refractivity (Wildman–Crippen MR) is 125 cm³/mol. The Morgan fingerprint density at radius 3 is 2.62 bits per heavy atom. The monoisotopic (exact) mass is 458 g/mol. The van der Waals surface area contributed by atoms with Crippen LogP contribution in [0.3, 0.4) is 0 Å². The summed E-state index contributed by atoms with van der Waals surface area (Å²) < 4.78 is 15.1. The van der Waals surface area contributed by atoms with Crippen LogP contribution in [0, 0.1) is 18.8 Å². The van der Waals surface area contributed by atoms with Crippen LogP contribution in [0.15, 0.2) is 48.7 Å². The molecule has 1 fully saturated rings. The van der Waals surface area contributed by atoms with Crippen molar-refractivity contribution in [2.45, 2.75) is 32.6 Å². The molecular formula is C26H23FN4O3. The minimum absolute atomic E-state index is 0.119. The number of rotatable bonds is 5. The second-order valence-corrected chi connectivity index (χ2v) is 8.79. The first kappa shape index (κ1) is 21.9. The molecule has 34 heavy (non-hydrogen) atoms. The summed E-state index contributed by atoms with van der Waals surface area (Å²) in [6.07, 6.45) is 3.41. The van der Waals surface area contributed by atoms with Crippen LogP contribution in [0.1, 0.15) is 47.4 Å². The molecule has 3 heterocycles. The van der Waals surface area contributed by atoms with Crippen LogP contribution in [0.5, 0.6) is 0 Å². The predicted octanol–water partition coefficient (Wildman–Crippen LogP) is 4.27. The summed E-state index contributed by atoms with van der Waals surface area (Å²) >= 11 is 0. The highest BCUT2D eigenvalue weighted by atomic mass is 19.1. The lowest BCUT2D eigenvalue weighted by molar-refractivity contribution is -0.122. The number of Topliss-reactive ketones (excluding diaryl/α,β-unsaturated/α-hetero) is 1. The highest BCUT2D eigenvalue weighted by molar-refractivity contribution is 6.09. The standard InChI is InChI=1S/C26H23FN4O3/c1-14-12-20-22(25(27)29-14)19-4-3-11-28-23(19)15(2)26(34)31(20)13-21(32)30-18-9-7-17(8-10-18)24(33)16-5-6-16/h3-4,7-12,15-16H,5-6,13H2,1-2H3,(H,30,32). The van der Waals surface area contributed by atoms with E-state index in [0.29, 0.717) is 28.2 Å². The molecule has 1 unspecified atom stereocenters. The summed E-state index contributed by atoms with van der Waals surface area (Å²) in [6, 6.07) is 11.7. The Hall–Kier alpha value is -3.94. The molecule has 1 atom stereocenters. The number of carbonyl (C=O) groups excluding carboxylic acids is 3. The normalized spacial score (nSPS) is 17.0. The van der Waals surface area contributed by atoms with Crippen molar-refractivity contribution in [1.29, 1.82) is 0 Å². The Bertz CT molecular complexity index is 1320. The number of carbonyl (C=O) groups is 3. The number of amides is 2. The lowest BCUT2D eigenvalue weighted by Crippen LogP contribution is -2.40. The van der Waals surface area contributed by atoms with Crippen molar-refractivity contribution < 1.29 is 18.8 Å². The molecule has 0 bridgehead atoms. The Balaban J connectivity index is 1.44. The number of hydrogen-bond donors (Lipinski definition) is 1. The zero-order valence-corrected chi connectivity index (χ0v) is 18.8. The summed E-state index contributed by atoms with van der Waals surface area (Å²) in [5.74, 6) is -1.95. The van der Waals surface area contributed by atoms with Crippen LogP contribution >= 0.6 is 0 Å². The number of nitrogens with zero attached hydrogens (tertiary/aromatic N) is 3. The molecule has 1 aliphatic heterocycles. The van der Waals surface area contributed by atoms with Crippen LogP contribution in [-0.2, 0) is 9.59 Å². The molecular weight excluding hydrogens is 435 g/mol. The number of halogens is 1. The molecule has 2 aliphatic rings. The maximum absolute atomic E-state index is 15.1. The zero-order valence-electron chi connectivity index (χ0n) is 18.8. The van der Waals surface area contributed by atoms with E-state index in [9.17, 15) is 14.4 Å². The van der Waals surface area contributed by atoms with Gasteiger partial charge in [0.25, 0.3) is 0 Å². The number of anilines is 2. The third kappa shape index (κ3) is 3.96. The highest BCUT2D eigenvalue weighted by Crippen LogP contribution is 2.41. The van der Waals surface area contributed by atoms with E-state index in [-0.39, 0.29) is 35.4 Å². The number of aromatic nitrogens is 2. The molecule has 5 rings (SSSR count). The maximum Gasteiger partial charge on any atom is 0.244 e. The highest BCUT2D eigenvalue weighted by Gasteiger charge is 2.35. The molecule has 1 aromatic carbocycles. The van der Waals surface area contributed by atoms with E-state index >= 15 is 4.39 Å². The fraction of sp³-hybridized carbons (Fsp3) is 0.269. The molecule has 2 amide bonds. The van der Waals surface area contributed by atoms with Gasteiger partial charge in [0.15, 0.2) is 5.78 Å². The van der Waals surface area contributed by atoms with Gasteiger partial charge in [-0.3, -0.25) is 19.4 Å². The average Bonchev–Trinajstić information content (AvgIpc) is 3.67. The smallest absolute Gasteiger partial charge is 0.244 e. The molecule has 0 spiro atoms. The lowest BCUT2D eigenvalue weighted by Gasteiger charge is -2.24. The van der Waals surface area contributed by atoms with E-state index in [1.807, 2.05) is 0 Å². The van der Waals surface area contributed by atoms with Gasteiger partial charge in [-0.25, -0.2) is 4.98 Å².